The molecule has 1 aliphatic heterocycles. The lowest BCUT2D eigenvalue weighted by atomic mass is 10.3. The molecule has 0 unspecified atom stereocenters. The maximum absolute atomic E-state index is 11.8. The first-order valence-corrected chi connectivity index (χ1v) is 2.31. The van der Waals surface area contributed by atoms with Gasteiger partial charge >= 0.3 is 6.11 Å². The van der Waals surface area contributed by atoms with Crippen LogP contribution in [0.3, 0.4) is 0 Å². The van der Waals surface area contributed by atoms with Gasteiger partial charge < -0.3 is 4.74 Å². The summed E-state index contributed by atoms with van der Waals surface area (Å²) in [5.41, 5.74) is 0. The average Bonchev–Trinajstić information content (AvgIpc) is 1.78. The van der Waals surface area contributed by atoms with Gasteiger partial charge in [-0.3, -0.25) is 0 Å². The molecule has 0 saturated carbocycles. The fourth-order valence-corrected chi connectivity index (χ4v) is 0.614. The van der Waals surface area contributed by atoms with Gasteiger partial charge in [-0.25, -0.2) is 8.78 Å². The molecule has 0 N–H and O–H groups in total. The van der Waals surface area contributed by atoms with Crippen molar-refractivity contribution in [3.8, 4) is 0 Å². The third kappa shape index (κ3) is 1.54. The van der Waals surface area contributed by atoms with E-state index < -0.39 is 25.1 Å². The second-order valence-electron chi connectivity index (χ2n) is 1.96. The quantitative estimate of drug-likeness (QED) is 0.469. The van der Waals surface area contributed by atoms with Crippen LogP contribution in [-0.4, -0.2) is 18.6 Å². The summed E-state index contributed by atoms with van der Waals surface area (Å²) < 4.78 is 50.6. The largest absolute Gasteiger partial charge is 0.361 e. The van der Waals surface area contributed by atoms with Gasteiger partial charge in [0.1, 0.15) is 13.0 Å². The third-order valence-electron chi connectivity index (χ3n) is 0.959. The molecule has 0 amide bonds. The maximum atomic E-state index is 11.8. The summed E-state index contributed by atoms with van der Waals surface area (Å²) in [4.78, 5) is 0. The summed E-state index contributed by atoms with van der Waals surface area (Å²) in [6.45, 7) is -1.17. The molecule has 0 aliphatic carbocycles. The van der Waals surface area contributed by atoms with Crippen LogP contribution in [0, 0.1) is 0 Å². The summed E-state index contributed by atoms with van der Waals surface area (Å²) in [5.74, 6) is -3.34. The molecule has 0 spiro atoms. The molecule has 5 heteroatoms. The molecule has 0 radical (unpaired) electrons. The number of alkyl halides is 4. The average molecular weight is 144 g/mol. The van der Waals surface area contributed by atoms with E-state index in [4.69, 9.17) is 0 Å². The number of hydrogen-bond acceptors (Lipinski definition) is 1. The van der Waals surface area contributed by atoms with Crippen molar-refractivity contribution in [3.05, 3.63) is 0 Å². The molecule has 0 aromatic carbocycles. The van der Waals surface area contributed by atoms with E-state index in [9.17, 15) is 17.6 Å². The Morgan fingerprint density at radius 2 is 1.67 bits per heavy atom. The van der Waals surface area contributed by atoms with E-state index >= 15 is 0 Å². The van der Waals surface area contributed by atoms with Crippen LogP contribution in [0.5, 0.6) is 0 Å². The monoisotopic (exact) mass is 144 g/mol. The fourth-order valence-electron chi connectivity index (χ4n) is 0.614. The SMILES string of the molecule is FC1(F)COC(F)(F)C1. The Morgan fingerprint density at radius 3 is 1.78 bits per heavy atom. The second-order valence-corrected chi connectivity index (χ2v) is 1.96. The Labute approximate surface area is 48.6 Å². The highest BCUT2D eigenvalue weighted by molar-refractivity contribution is 4.77. The van der Waals surface area contributed by atoms with Crippen molar-refractivity contribution < 1.29 is 22.3 Å². The molecule has 1 saturated heterocycles. The highest BCUT2D eigenvalue weighted by Gasteiger charge is 2.52. The van der Waals surface area contributed by atoms with Gasteiger partial charge in [0.05, 0.1) is 0 Å². The van der Waals surface area contributed by atoms with Gasteiger partial charge in [0.2, 0.25) is 0 Å². The summed E-state index contributed by atoms with van der Waals surface area (Å²) in [6.07, 6.45) is -5.11. The molecule has 1 fully saturated rings. The lowest BCUT2D eigenvalue weighted by Gasteiger charge is -2.04. The predicted octanol–water partition coefficient (Wildman–Crippen LogP) is 1.63. The topological polar surface area (TPSA) is 9.23 Å². The van der Waals surface area contributed by atoms with Crippen LogP contribution >= 0.6 is 0 Å². The van der Waals surface area contributed by atoms with Gasteiger partial charge in [-0.05, 0) is 0 Å². The van der Waals surface area contributed by atoms with Crippen molar-refractivity contribution in [2.24, 2.45) is 0 Å². The lowest BCUT2D eigenvalue weighted by molar-refractivity contribution is -0.205. The van der Waals surface area contributed by atoms with Crippen molar-refractivity contribution in [1.29, 1.82) is 0 Å². The van der Waals surface area contributed by atoms with Gasteiger partial charge in [0.25, 0.3) is 5.92 Å². The zero-order chi connectivity index (χ0) is 7.12. The molecule has 1 heterocycles. The summed E-state index contributed by atoms with van der Waals surface area (Å²) >= 11 is 0. The molecule has 0 bridgehead atoms. The van der Waals surface area contributed by atoms with E-state index in [2.05, 4.69) is 4.74 Å². The molecule has 1 rings (SSSR count). The highest BCUT2D eigenvalue weighted by Crippen LogP contribution is 2.38. The van der Waals surface area contributed by atoms with Gasteiger partial charge in [-0.15, -0.1) is 0 Å². The maximum Gasteiger partial charge on any atom is 0.361 e. The molecule has 0 aromatic rings. The van der Waals surface area contributed by atoms with E-state index in [1.807, 2.05) is 0 Å². The Hall–Kier alpha value is -0.320. The van der Waals surface area contributed by atoms with Crippen molar-refractivity contribution in [3.63, 3.8) is 0 Å². The van der Waals surface area contributed by atoms with Gasteiger partial charge in [0.15, 0.2) is 0 Å². The minimum absolute atomic E-state index is 1.17. The Balaban J connectivity index is 2.58. The molecule has 0 aromatic heterocycles. The van der Waals surface area contributed by atoms with Crippen molar-refractivity contribution >= 4 is 0 Å². The summed E-state index contributed by atoms with van der Waals surface area (Å²) in [6, 6.07) is 0. The highest BCUT2D eigenvalue weighted by atomic mass is 19.3. The van der Waals surface area contributed by atoms with Gasteiger partial charge in [0, 0.05) is 0 Å². The minimum Gasteiger partial charge on any atom is -0.314 e. The Bertz CT molecular complexity index is 108. The van der Waals surface area contributed by atoms with E-state index in [1.165, 1.54) is 0 Å². The van der Waals surface area contributed by atoms with Crippen LogP contribution in [0.25, 0.3) is 0 Å². The second kappa shape index (κ2) is 1.59. The molecule has 54 valence electrons. The Kier molecular flexibility index (Phi) is 1.20. The van der Waals surface area contributed by atoms with E-state index in [0.29, 0.717) is 0 Å². The zero-order valence-corrected chi connectivity index (χ0v) is 4.33. The normalized spacial score (nSPS) is 30.7. The molecule has 0 atom stereocenters. The minimum atomic E-state index is -3.62. The summed E-state index contributed by atoms with van der Waals surface area (Å²) in [5, 5.41) is 0. The molecule has 1 aliphatic rings. The van der Waals surface area contributed by atoms with Crippen molar-refractivity contribution in [2.45, 2.75) is 18.5 Å². The predicted molar refractivity (Wildman–Crippen MR) is 20.5 cm³/mol. The van der Waals surface area contributed by atoms with E-state index in [-0.39, 0.29) is 0 Å². The number of ether oxygens (including phenoxy) is 1. The molecule has 1 nitrogen and oxygen atoms in total. The van der Waals surface area contributed by atoms with Crippen molar-refractivity contribution in [2.75, 3.05) is 6.61 Å². The first-order valence-electron chi connectivity index (χ1n) is 2.31. The van der Waals surface area contributed by atoms with Crippen LogP contribution in [-0.2, 0) is 4.74 Å². The molecular weight excluding hydrogens is 140 g/mol. The fraction of sp³-hybridized carbons (Fsp3) is 1.00. The van der Waals surface area contributed by atoms with E-state index in [1.54, 1.807) is 0 Å². The first kappa shape index (κ1) is 6.80. The number of hydrogen-bond donors (Lipinski definition) is 0. The molecule has 9 heavy (non-hydrogen) atoms. The van der Waals surface area contributed by atoms with Crippen LogP contribution in [0.4, 0.5) is 17.6 Å². The smallest absolute Gasteiger partial charge is 0.314 e. The lowest BCUT2D eigenvalue weighted by Crippen LogP contribution is -2.17. The zero-order valence-electron chi connectivity index (χ0n) is 4.33. The molecular formula is C4H4F4O. The van der Waals surface area contributed by atoms with Crippen LogP contribution < -0.4 is 0 Å². The van der Waals surface area contributed by atoms with Crippen LogP contribution in [0.15, 0.2) is 0 Å². The third-order valence-corrected chi connectivity index (χ3v) is 0.959. The van der Waals surface area contributed by atoms with Crippen LogP contribution in [0.2, 0.25) is 0 Å². The van der Waals surface area contributed by atoms with E-state index in [0.717, 1.165) is 0 Å². The van der Waals surface area contributed by atoms with Crippen molar-refractivity contribution in [1.82, 2.24) is 0 Å². The number of halogens is 4. The standard InChI is InChI=1S/C4H4F4O/c5-3(6)1-4(7,8)9-2-3/h1-2H2. The van der Waals surface area contributed by atoms with Gasteiger partial charge in [-0.2, -0.15) is 8.78 Å². The summed E-state index contributed by atoms with van der Waals surface area (Å²) in [7, 11) is 0. The number of rotatable bonds is 0. The Morgan fingerprint density at radius 1 is 1.11 bits per heavy atom. The van der Waals surface area contributed by atoms with Gasteiger partial charge in [-0.1, -0.05) is 0 Å². The van der Waals surface area contributed by atoms with Crippen LogP contribution in [0.1, 0.15) is 6.42 Å². The first-order chi connectivity index (χ1) is 3.91.